The lowest BCUT2D eigenvalue weighted by Crippen LogP contribution is -2.13. The van der Waals surface area contributed by atoms with Crippen LogP contribution in [0.3, 0.4) is 0 Å². The molecule has 6 nitrogen and oxygen atoms in total. The molecular formula is C14H13N5OS. The zero-order valence-electron chi connectivity index (χ0n) is 11.3. The van der Waals surface area contributed by atoms with E-state index in [1.807, 2.05) is 30.3 Å². The molecule has 4 N–H and O–H groups in total. The number of carbonyl (C=O) groups is 1. The summed E-state index contributed by atoms with van der Waals surface area (Å²) in [7, 11) is 1.73. The molecule has 0 aliphatic rings. The van der Waals surface area contributed by atoms with Crippen molar-refractivity contribution >= 4 is 44.0 Å². The molecule has 2 aromatic heterocycles. The highest BCUT2D eigenvalue weighted by molar-refractivity contribution is 7.19. The van der Waals surface area contributed by atoms with E-state index in [2.05, 4.69) is 20.6 Å². The molecule has 3 aromatic rings. The molecule has 3 rings (SSSR count). The van der Waals surface area contributed by atoms with E-state index >= 15 is 0 Å². The largest absolute Gasteiger partial charge is 0.378 e. The number of benzene rings is 1. The molecule has 1 aromatic carbocycles. The van der Waals surface area contributed by atoms with Crippen LogP contribution in [0.5, 0.6) is 0 Å². The number of anilines is 3. The third kappa shape index (κ3) is 2.50. The summed E-state index contributed by atoms with van der Waals surface area (Å²) in [5.74, 6) is -0.553. The summed E-state index contributed by atoms with van der Waals surface area (Å²) in [4.78, 5) is 19.9. The molecule has 0 aliphatic carbocycles. The van der Waals surface area contributed by atoms with Gasteiger partial charge in [-0.05, 0) is 12.1 Å². The minimum Gasteiger partial charge on any atom is -0.378 e. The highest BCUT2D eigenvalue weighted by Crippen LogP contribution is 2.32. The van der Waals surface area contributed by atoms with Crippen molar-refractivity contribution in [3.05, 3.63) is 42.2 Å². The van der Waals surface area contributed by atoms with E-state index in [4.69, 9.17) is 5.73 Å². The number of rotatable bonds is 4. The summed E-state index contributed by atoms with van der Waals surface area (Å²) in [5, 5.41) is 8.37. The quantitative estimate of drug-likeness (QED) is 0.688. The Bertz CT molecular complexity index is 809. The number of para-hydroxylation sites is 1. The molecule has 106 valence electrons. The lowest BCUT2D eigenvalue weighted by atomic mass is 10.2. The number of primary amides is 1. The van der Waals surface area contributed by atoms with Crippen molar-refractivity contribution in [3.63, 3.8) is 0 Å². The highest BCUT2D eigenvalue weighted by Gasteiger charge is 2.15. The van der Waals surface area contributed by atoms with E-state index < -0.39 is 5.91 Å². The molecule has 0 saturated heterocycles. The minimum atomic E-state index is -0.553. The lowest BCUT2D eigenvalue weighted by Gasteiger charge is -2.06. The van der Waals surface area contributed by atoms with Crippen LogP contribution in [0.4, 0.5) is 15.8 Å². The summed E-state index contributed by atoms with van der Waals surface area (Å²) >= 11 is 1.34. The van der Waals surface area contributed by atoms with Gasteiger partial charge in [0.05, 0.1) is 11.2 Å². The number of hydrogen-bond acceptors (Lipinski definition) is 6. The standard InChI is InChI=1S/C14H13N5OS/c1-16-13-11(12(15)20)19-14(21-13)18-10-6-7-17-9-5-3-2-4-8(9)10/h2-7,16H,1H3,(H2,15,20)(H,17,18,19). The fourth-order valence-electron chi connectivity index (χ4n) is 2.03. The predicted molar refractivity (Wildman–Crippen MR) is 85.2 cm³/mol. The Labute approximate surface area is 125 Å². The number of hydrogen-bond donors (Lipinski definition) is 3. The SMILES string of the molecule is CNc1sc(Nc2ccnc3ccccc23)nc1C(N)=O. The fraction of sp³-hybridized carbons (Fsp3) is 0.0714. The minimum absolute atomic E-state index is 0.239. The smallest absolute Gasteiger partial charge is 0.270 e. The van der Waals surface area contributed by atoms with Gasteiger partial charge in [-0.1, -0.05) is 29.5 Å². The molecule has 21 heavy (non-hydrogen) atoms. The van der Waals surface area contributed by atoms with Crippen LogP contribution in [0.25, 0.3) is 10.9 Å². The van der Waals surface area contributed by atoms with Gasteiger partial charge >= 0.3 is 0 Å². The van der Waals surface area contributed by atoms with E-state index in [0.29, 0.717) is 10.1 Å². The Morgan fingerprint density at radius 2 is 2.10 bits per heavy atom. The van der Waals surface area contributed by atoms with Crippen molar-refractivity contribution in [2.75, 3.05) is 17.7 Å². The topological polar surface area (TPSA) is 92.9 Å². The Morgan fingerprint density at radius 3 is 2.81 bits per heavy atom. The second-order valence-electron chi connectivity index (χ2n) is 4.31. The van der Waals surface area contributed by atoms with E-state index in [9.17, 15) is 4.79 Å². The van der Waals surface area contributed by atoms with Gasteiger partial charge in [-0.2, -0.15) is 0 Å². The number of nitrogens with zero attached hydrogens (tertiary/aromatic N) is 2. The van der Waals surface area contributed by atoms with Crippen LogP contribution in [0, 0.1) is 0 Å². The third-order valence-electron chi connectivity index (χ3n) is 2.98. The summed E-state index contributed by atoms with van der Waals surface area (Å²) in [6.07, 6.45) is 1.73. The van der Waals surface area contributed by atoms with Crippen LogP contribution in [-0.2, 0) is 0 Å². The van der Waals surface area contributed by atoms with E-state index in [0.717, 1.165) is 16.6 Å². The molecule has 0 saturated carbocycles. The normalized spacial score (nSPS) is 10.5. The zero-order valence-corrected chi connectivity index (χ0v) is 12.1. The van der Waals surface area contributed by atoms with Gasteiger partial charge in [0.15, 0.2) is 10.8 Å². The van der Waals surface area contributed by atoms with Crippen molar-refractivity contribution in [1.29, 1.82) is 0 Å². The molecule has 0 bridgehead atoms. The number of pyridine rings is 1. The Morgan fingerprint density at radius 1 is 1.29 bits per heavy atom. The summed E-state index contributed by atoms with van der Waals surface area (Å²) in [5.41, 5.74) is 7.33. The monoisotopic (exact) mass is 299 g/mol. The van der Waals surface area contributed by atoms with Gasteiger partial charge in [0.25, 0.3) is 5.91 Å². The van der Waals surface area contributed by atoms with E-state index in [1.165, 1.54) is 11.3 Å². The number of nitrogens with one attached hydrogen (secondary N) is 2. The van der Waals surface area contributed by atoms with Crippen molar-refractivity contribution < 1.29 is 4.79 Å². The maximum absolute atomic E-state index is 11.3. The number of carbonyl (C=O) groups excluding carboxylic acids is 1. The second-order valence-corrected chi connectivity index (χ2v) is 5.31. The first kappa shape index (κ1) is 13.3. The lowest BCUT2D eigenvalue weighted by molar-refractivity contribution is 0.0997. The second kappa shape index (κ2) is 5.37. The number of nitrogens with two attached hydrogens (primary N) is 1. The van der Waals surface area contributed by atoms with E-state index in [1.54, 1.807) is 13.2 Å². The number of aromatic nitrogens is 2. The summed E-state index contributed by atoms with van der Waals surface area (Å²) in [6, 6.07) is 9.67. The Hall–Kier alpha value is -2.67. The first-order valence-electron chi connectivity index (χ1n) is 6.28. The third-order valence-corrected chi connectivity index (χ3v) is 3.97. The van der Waals surface area contributed by atoms with Gasteiger partial charge in [0.1, 0.15) is 5.00 Å². The van der Waals surface area contributed by atoms with Crippen LogP contribution >= 0.6 is 11.3 Å². The van der Waals surface area contributed by atoms with Crippen molar-refractivity contribution in [2.24, 2.45) is 5.73 Å². The van der Waals surface area contributed by atoms with Gasteiger partial charge in [0, 0.05) is 18.6 Å². The fourth-order valence-corrected chi connectivity index (χ4v) is 2.87. The van der Waals surface area contributed by atoms with Crippen LogP contribution in [0.2, 0.25) is 0 Å². The average molecular weight is 299 g/mol. The van der Waals surface area contributed by atoms with E-state index in [-0.39, 0.29) is 5.69 Å². The Balaban J connectivity index is 2.01. The van der Waals surface area contributed by atoms with Crippen molar-refractivity contribution in [2.45, 2.75) is 0 Å². The van der Waals surface area contributed by atoms with Gasteiger partial charge < -0.3 is 16.4 Å². The summed E-state index contributed by atoms with van der Waals surface area (Å²) in [6.45, 7) is 0. The Kier molecular flexibility index (Phi) is 3.41. The average Bonchev–Trinajstić information content (AvgIpc) is 2.91. The van der Waals surface area contributed by atoms with Gasteiger partial charge in [-0.25, -0.2) is 4.98 Å². The molecule has 0 atom stereocenters. The first-order valence-corrected chi connectivity index (χ1v) is 7.10. The summed E-state index contributed by atoms with van der Waals surface area (Å²) < 4.78 is 0. The molecule has 0 aliphatic heterocycles. The predicted octanol–water partition coefficient (Wildman–Crippen LogP) is 2.58. The molecule has 0 radical (unpaired) electrons. The van der Waals surface area contributed by atoms with Crippen molar-refractivity contribution in [3.8, 4) is 0 Å². The van der Waals surface area contributed by atoms with Gasteiger partial charge in [0.2, 0.25) is 0 Å². The zero-order chi connectivity index (χ0) is 14.8. The molecule has 1 amide bonds. The van der Waals surface area contributed by atoms with Crippen LogP contribution < -0.4 is 16.4 Å². The maximum Gasteiger partial charge on any atom is 0.270 e. The molecule has 0 spiro atoms. The van der Waals surface area contributed by atoms with Crippen LogP contribution in [0.15, 0.2) is 36.5 Å². The number of thiazole rings is 1. The molecular weight excluding hydrogens is 286 g/mol. The van der Waals surface area contributed by atoms with Crippen LogP contribution in [0.1, 0.15) is 10.5 Å². The first-order chi connectivity index (χ1) is 10.2. The molecule has 0 unspecified atom stereocenters. The maximum atomic E-state index is 11.3. The van der Waals surface area contributed by atoms with Gasteiger partial charge in [-0.15, -0.1) is 0 Å². The highest BCUT2D eigenvalue weighted by atomic mass is 32.1. The number of amides is 1. The van der Waals surface area contributed by atoms with Gasteiger partial charge in [-0.3, -0.25) is 9.78 Å². The number of fused-ring (bicyclic) bond motifs is 1. The van der Waals surface area contributed by atoms with Crippen LogP contribution in [-0.4, -0.2) is 22.9 Å². The van der Waals surface area contributed by atoms with Crippen molar-refractivity contribution in [1.82, 2.24) is 9.97 Å². The molecule has 2 heterocycles. The molecule has 7 heteroatoms. The molecule has 0 fully saturated rings.